The zero-order valence-corrected chi connectivity index (χ0v) is 20.5. The Balaban J connectivity index is 1.72. The summed E-state index contributed by atoms with van der Waals surface area (Å²) in [4.78, 5) is 21.8. The molecule has 180 valence electrons. The molecule has 10 nitrogen and oxygen atoms in total. The van der Waals surface area contributed by atoms with E-state index in [0.29, 0.717) is 5.69 Å². The number of aliphatic hydroxyl groups excluding tert-OH is 2. The number of urea groups is 1. The second-order valence-corrected chi connectivity index (χ2v) is 12.4. The minimum atomic E-state index is -3.77. The summed E-state index contributed by atoms with van der Waals surface area (Å²) in [5, 5.41) is 38.1. The number of thiazole rings is 1. The van der Waals surface area contributed by atoms with Crippen molar-refractivity contribution >= 4 is 33.0 Å². The lowest BCUT2D eigenvalue weighted by Gasteiger charge is -2.20. The molecule has 0 aromatic carbocycles. The Morgan fingerprint density at radius 1 is 1.27 bits per heavy atom. The van der Waals surface area contributed by atoms with Crippen LogP contribution in [-0.2, 0) is 46.8 Å². The maximum atomic E-state index is 13.2. The van der Waals surface area contributed by atoms with Crippen LogP contribution in [0, 0.1) is 0 Å². The quantitative estimate of drug-likeness (QED) is 0.421. The molecule has 0 saturated heterocycles. The number of amides is 2. The van der Waals surface area contributed by atoms with Crippen LogP contribution in [0.2, 0.25) is 0 Å². The number of carbonyl (C=O) groups excluding carboxylic acids is 1. The van der Waals surface area contributed by atoms with Crippen molar-refractivity contribution in [1.82, 2.24) is 9.97 Å². The van der Waals surface area contributed by atoms with Gasteiger partial charge in [0.05, 0.1) is 30.3 Å². The van der Waals surface area contributed by atoms with Crippen LogP contribution in [0.25, 0.3) is 0 Å². The lowest BCUT2D eigenvalue weighted by Crippen LogP contribution is -2.25. The number of aliphatic hydroxyl groups is 3. The Morgan fingerprint density at radius 3 is 2.67 bits per heavy atom. The van der Waals surface area contributed by atoms with E-state index in [-0.39, 0.29) is 20.3 Å². The number of nitrogens with two attached hydrogens (primary N) is 1. The van der Waals surface area contributed by atoms with Gasteiger partial charge in [-0.2, -0.15) is 0 Å². The highest BCUT2D eigenvalue weighted by Gasteiger charge is 2.37. The van der Waals surface area contributed by atoms with E-state index >= 15 is 0 Å². The monoisotopic (exact) mass is 495 g/mol. The topological polar surface area (TPSA) is 171 Å². The van der Waals surface area contributed by atoms with Gasteiger partial charge in [-0.1, -0.05) is 13.8 Å². The Hall–Kier alpha value is -1.96. The van der Waals surface area contributed by atoms with Crippen molar-refractivity contribution in [2.45, 2.75) is 74.7 Å². The van der Waals surface area contributed by atoms with Gasteiger partial charge >= 0.3 is 6.03 Å². The molecule has 0 fully saturated rings. The van der Waals surface area contributed by atoms with Crippen LogP contribution in [0.4, 0.5) is 10.5 Å². The molecule has 12 heteroatoms. The summed E-state index contributed by atoms with van der Waals surface area (Å²) in [6.45, 7) is 4.34. The molecule has 0 saturated carbocycles. The number of carbonyl (C=O) groups is 1. The molecule has 0 bridgehead atoms. The molecular weight excluding hydrogens is 466 g/mol. The molecule has 2 aromatic heterocycles. The summed E-state index contributed by atoms with van der Waals surface area (Å²) < 4.78 is 16.8. The molecule has 33 heavy (non-hydrogen) atoms. The Kier molecular flexibility index (Phi) is 6.13. The average molecular weight is 496 g/mol. The average Bonchev–Trinajstić information content (AvgIpc) is 3.45. The van der Waals surface area contributed by atoms with Gasteiger partial charge in [-0.05, 0) is 50.2 Å². The number of hydrogen-bond donors (Lipinski definition) is 5. The zero-order valence-electron chi connectivity index (χ0n) is 18.8. The predicted molar refractivity (Wildman–Crippen MR) is 124 cm³/mol. The van der Waals surface area contributed by atoms with Gasteiger partial charge in [0.1, 0.15) is 14.8 Å². The van der Waals surface area contributed by atoms with Gasteiger partial charge in [-0.25, -0.2) is 19.1 Å². The number of rotatable bonds is 5. The maximum absolute atomic E-state index is 13.2. The minimum Gasteiger partial charge on any atom is -0.393 e. The van der Waals surface area contributed by atoms with Crippen molar-refractivity contribution in [3.63, 3.8) is 0 Å². The maximum Gasteiger partial charge on any atom is 0.354 e. The predicted octanol–water partition coefficient (Wildman–Crippen LogP) is 1.88. The van der Waals surface area contributed by atoms with Crippen molar-refractivity contribution < 1.29 is 24.3 Å². The van der Waals surface area contributed by atoms with E-state index in [2.05, 4.69) is 28.5 Å². The summed E-state index contributed by atoms with van der Waals surface area (Å²) in [5.41, 5.74) is 2.77. The summed E-state index contributed by atoms with van der Waals surface area (Å²) in [6, 6.07) is -0.859. The van der Waals surface area contributed by atoms with Crippen molar-refractivity contribution in [3.05, 3.63) is 33.2 Å². The van der Waals surface area contributed by atoms with Crippen LogP contribution < -0.4 is 10.5 Å². The molecule has 2 unspecified atom stereocenters. The van der Waals surface area contributed by atoms with Crippen LogP contribution in [-0.4, -0.2) is 42.1 Å². The van der Waals surface area contributed by atoms with Crippen LogP contribution in [0.15, 0.2) is 8.57 Å². The van der Waals surface area contributed by atoms with Crippen LogP contribution >= 0.6 is 11.3 Å². The molecule has 2 amide bonds. The highest BCUT2D eigenvalue weighted by atomic mass is 32.2. The summed E-state index contributed by atoms with van der Waals surface area (Å²) in [7, 11) is -3.77. The minimum absolute atomic E-state index is 0.0184. The SMILES string of the molecule is CC1(C)CCc2c1nc1c(c2NC(=O)N=S(N)(=O)c2sc(C(C)(O)CO)nc2CO)CCC1. The fraction of sp³-hybridized carbons (Fsp3) is 0.571. The number of fused-ring (bicyclic) bond motifs is 2. The fourth-order valence-electron chi connectivity index (χ4n) is 4.39. The van der Waals surface area contributed by atoms with E-state index in [9.17, 15) is 24.3 Å². The van der Waals surface area contributed by atoms with Gasteiger partial charge in [0, 0.05) is 11.1 Å². The normalized spacial score (nSPS) is 20.0. The third-order valence-electron chi connectivity index (χ3n) is 6.26. The number of anilines is 1. The van der Waals surface area contributed by atoms with Crippen LogP contribution in [0.1, 0.15) is 66.8 Å². The van der Waals surface area contributed by atoms with Crippen molar-refractivity contribution in [2.24, 2.45) is 9.50 Å². The standard InChI is InChI=1S/C21H29N5O5S2/c1-20(2)8-7-12-15(11-5-4-6-13(11)23-16(12)20)25-19(29)26-33(22,31)17-14(9-27)24-18(32-17)21(3,30)10-28/h27-28,30H,4-10H2,1-3H3,(H3,22,23,25,26,29,31). The van der Waals surface area contributed by atoms with E-state index < -0.39 is 34.8 Å². The first kappa shape index (κ1) is 24.2. The Labute approximate surface area is 196 Å². The molecule has 2 aromatic rings. The number of pyridine rings is 1. The first-order valence-electron chi connectivity index (χ1n) is 10.7. The molecule has 6 N–H and O–H groups in total. The first-order valence-corrected chi connectivity index (χ1v) is 13.1. The van der Waals surface area contributed by atoms with E-state index in [1.54, 1.807) is 0 Å². The zero-order chi connectivity index (χ0) is 24.2. The van der Waals surface area contributed by atoms with Gasteiger partial charge in [0.25, 0.3) is 0 Å². The molecule has 0 spiro atoms. The number of nitrogens with zero attached hydrogens (tertiary/aromatic N) is 3. The molecule has 2 aliphatic rings. The van der Waals surface area contributed by atoms with Crippen molar-refractivity contribution in [1.29, 1.82) is 0 Å². The molecule has 2 heterocycles. The third kappa shape index (κ3) is 4.31. The van der Waals surface area contributed by atoms with Gasteiger partial charge in [0.15, 0.2) is 9.92 Å². The highest BCUT2D eigenvalue weighted by molar-refractivity contribution is 7.93. The Bertz CT molecular complexity index is 1240. The fourth-order valence-corrected chi connectivity index (χ4v) is 6.88. The third-order valence-corrected chi connectivity index (χ3v) is 9.58. The van der Waals surface area contributed by atoms with Gasteiger partial charge in [0.2, 0.25) is 0 Å². The number of hydrogen-bond acceptors (Lipinski definition) is 8. The summed E-state index contributed by atoms with van der Waals surface area (Å²) in [6.07, 6.45) is 4.29. The molecule has 0 radical (unpaired) electrons. The van der Waals surface area contributed by atoms with Gasteiger partial charge in [-0.3, -0.25) is 4.98 Å². The largest absolute Gasteiger partial charge is 0.393 e. The molecule has 2 atom stereocenters. The summed E-state index contributed by atoms with van der Waals surface area (Å²) in [5.74, 6) is 0. The number of aromatic nitrogens is 2. The second kappa shape index (κ2) is 8.36. The second-order valence-electron chi connectivity index (χ2n) is 9.41. The van der Waals surface area contributed by atoms with Crippen molar-refractivity contribution in [3.8, 4) is 0 Å². The number of nitrogens with one attached hydrogen (secondary N) is 1. The van der Waals surface area contributed by atoms with Gasteiger partial charge < -0.3 is 20.6 Å². The van der Waals surface area contributed by atoms with E-state index in [4.69, 9.17) is 10.1 Å². The lowest BCUT2D eigenvalue weighted by molar-refractivity contribution is -0.00264. The van der Waals surface area contributed by atoms with Crippen molar-refractivity contribution in [2.75, 3.05) is 11.9 Å². The number of aryl methyl sites for hydroxylation is 1. The van der Waals surface area contributed by atoms with Crippen LogP contribution in [0.5, 0.6) is 0 Å². The molecule has 4 rings (SSSR count). The molecule has 2 aliphatic carbocycles. The smallest absolute Gasteiger partial charge is 0.354 e. The first-order chi connectivity index (χ1) is 15.4. The lowest BCUT2D eigenvalue weighted by atomic mass is 9.90. The van der Waals surface area contributed by atoms with Crippen LogP contribution in [0.3, 0.4) is 0 Å². The van der Waals surface area contributed by atoms with Gasteiger partial charge in [-0.15, -0.1) is 15.7 Å². The van der Waals surface area contributed by atoms with E-state index in [1.807, 2.05) is 0 Å². The Morgan fingerprint density at radius 2 is 2.00 bits per heavy atom. The van der Waals surface area contributed by atoms with E-state index in [0.717, 1.165) is 66.0 Å². The summed E-state index contributed by atoms with van der Waals surface area (Å²) >= 11 is 0.745. The molecule has 0 aliphatic heterocycles. The highest BCUT2D eigenvalue weighted by Crippen LogP contribution is 2.44. The van der Waals surface area contributed by atoms with E-state index in [1.165, 1.54) is 6.92 Å². The molecular formula is C21H29N5O5S2.